The Kier molecular flexibility index (Phi) is 5.08. The summed E-state index contributed by atoms with van der Waals surface area (Å²) < 4.78 is 10.7. The number of halogens is 1. The predicted octanol–water partition coefficient (Wildman–Crippen LogP) is 4.05. The van der Waals surface area contributed by atoms with E-state index in [1.165, 1.54) is 0 Å². The van der Waals surface area contributed by atoms with Crippen LogP contribution in [0.3, 0.4) is 0 Å². The average molecular weight is 323 g/mol. The van der Waals surface area contributed by atoms with E-state index in [1.807, 2.05) is 32.9 Å². The number of aryl methyl sites for hydroxylation is 3. The van der Waals surface area contributed by atoms with Gasteiger partial charge in [-0.3, -0.25) is 4.79 Å². The summed E-state index contributed by atoms with van der Waals surface area (Å²) in [6.45, 7) is 7.45. The van der Waals surface area contributed by atoms with Crippen molar-refractivity contribution in [1.82, 2.24) is 5.16 Å². The highest BCUT2D eigenvalue weighted by Crippen LogP contribution is 2.27. The van der Waals surface area contributed by atoms with Crippen molar-refractivity contribution in [1.29, 1.82) is 0 Å². The lowest BCUT2D eigenvalue weighted by molar-refractivity contribution is -0.122. The smallest absolute Gasteiger partial charge is 0.266 e. The van der Waals surface area contributed by atoms with Gasteiger partial charge in [0.05, 0.1) is 0 Å². The number of hydrogen-bond donors (Lipinski definition) is 1. The summed E-state index contributed by atoms with van der Waals surface area (Å²) in [5.74, 6) is 1.38. The number of aromatic nitrogens is 1. The quantitative estimate of drug-likeness (QED) is 0.902. The van der Waals surface area contributed by atoms with Crippen molar-refractivity contribution >= 4 is 23.3 Å². The third-order valence-electron chi connectivity index (χ3n) is 3.23. The molecule has 5 nitrogen and oxygen atoms in total. The molecule has 1 atom stereocenters. The number of nitrogens with zero attached hydrogens (tertiary/aromatic N) is 1. The minimum absolute atomic E-state index is 0.263. The Morgan fingerprint density at radius 1 is 1.32 bits per heavy atom. The maximum Gasteiger partial charge on any atom is 0.266 e. The van der Waals surface area contributed by atoms with Crippen LogP contribution in [-0.4, -0.2) is 17.2 Å². The second-order valence-corrected chi connectivity index (χ2v) is 5.58. The highest BCUT2D eigenvalue weighted by molar-refractivity contribution is 6.32. The fraction of sp³-hybridized carbons (Fsp3) is 0.375. The zero-order valence-electron chi connectivity index (χ0n) is 13.1. The molecule has 1 aromatic heterocycles. The first-order chi connectivity index (χ1) is 10.4. The van der Waals surface area contributed by atoms with Crippen LogP contribution in [0.25, 0.3) is 0 Å². The summed E-state index contributed by atoms with van der Waals surface area (Å²) in [7, 11) is 0. The van der Waals surface area contributed by atoms with E-state index >= 15 is 0 Å². The van der Waals surface area contributed by atoms with Gasteiger partial charge in [0.2, 0.25) is 0 Å². The van der Waals surface area contributed by atoms with Gasteiger partial charge in [-0.25, -0.2) is 0 Å². The van der Waals surface area contributed by atoms with Gasteiger partial charge in [0.15, 0.2) is 11.9 Å². The number of rotatable bonds is 5. The third kappa shape index (κ3) is 3.80. The first-order valence-corrected chi connectivity index (χ1v) is 7.46. The van der Waals surface area contributed by atoms with Crippen LogP contribution in [0, 0.1) is 20.8 Å². The topological polar surface area (TPSA) is 64.4 Å². The van der Waals surface area contributed by atoms with Gasteiger partial charge in [-0.15, -0.1) is 0 Å². The van der Waals surface area contributed by atoms with Crippen LogP contribution >= 0.6 is 11.6 Å². The average Bonchev–Trinajstić information content (AvgIpc) is 2.87. The molecule has 2 aromatic rings. The number of amides is 1. The molecule has 0 saturated heterocycles. The molecule has 0 saturated carbocycles. The SMILES string of the molecule is CC[C@@H](Oc1cc(C)c(Cl)c(C)c1)C(=O)Nc1cc(C)on1. The molecule has 1 N–H and O–H groups in total. The molecule has 0 radical (unpaired) electrons. The van der Waals surface area contributed by atoms with Crippen LogP contribution in [0.2, 0.25) is 5.02 Å². The predicted molar refractivity (Wildman–Crippen MR) is 85.5 cm³/mol. The van der Waals surface area contributed by atoms with E-state index in [0.29, 0.717) is 28.8 Å². The van der Waals surface area contributed by atoms with Crippen LogP contribution in [0.5, 0.6) is 5.75 Å². The summed E-state index contributed by atoms with van der Waals surface area (Å²) in [6.07, 6.45) is -0.0828. The van der Waals surface area contributed by atoms with E-state index in [1.54, 1.807) is 13.0 Å². The molecule has 118 valence electrons. The number of carbonyl (C=O) groups excluding carboxylic acids is 1. The second kappa shape index (κ2) is 6.83. The highest BCUT2D eigenvalue weighted by atomic mass is 35.5. The first kappa shape index (κ1) is 16.4. The molecule has 0 spiro atoms. The van der Waals surface area contributed by atoms with Crippen molar-refractivity contribution in [2.45, 2.75) is 40.2 Å². The van der Waals surface area contributed by atoms with Gasteiger partial charge >= 0.3 is 0 Å². The zero-order chi connectivity index (χ0) is 16.3. The summed E-state index contributed by atoms with van der Waals surface area (Å²) in [4.78, 5) is 12.3. The van der Waals surface area contributed by atoms with Crippen molar-refractivity contribution in [3.63, 3.8) is 0 Å². The normalized spacial score (nSPS) is 12.0. The van der Waals surface area contributed by atoms with Crippen LogP contribution in [-0.2, 0) is 4.79 Å². The van der Waals surface area contributed by atoms with Gasteiger partial charge in [-0.1, -0.05) is 23.7 Å². The number of ether oxygens (including phenoxy) is 1. The molecule has 2 rings (SSSR count). The molecule has 0 aliphatic carbocycles. The Balaban J connectivity index is 2.10. The number of nitrogens with one attached hydrogen (secondary N) is 1. The lowest BCUT2D eigenvalue weighted by Crippen LogP contribution is -2.32. The van der Waals surface area contributed by atoms with Crippen LogP contribution in [0.1, 0.15) is 30.2 Å². The maximum atomic E-state index is 12.3. The number of anilines is 1. The largest absolute Gasteiger partial charge is 0.481 e. The van der Waals surface area contributed by atoms with Crippen LogP contribution in [0.15, 0.2) is 22.7 Å². The van der Waals surface area contributed by atoms with Gasteiger partial charge in [0.1, 0.15) is 11.5 Å². The molecule has 0 unspecified atom stereocenters. The number of hydrogen-bond acceptors (Lipinski definition) is 4. The van der Waals surface area contributed by atoms with Gasteiger partial charge < -0.3 is 14.6 Å². The molecule has 1 aromatic carbocycles. The van der Waals surface area contributed by atoms with Crippen molar-refractivity contribution in [3.05, 3.63) is 40.1 Å². The molecule has 0 aliphatic rings. The zero-order valence-corrected chi connectivity index (χ0v) is 13.8. The first-order valence-electron chi connectivity index (χ1n) is 7.08. The minimum Gasteiger partial charge on any atom is -0.481 e. The molecular formula is C16H19ClN2O3. The summed E-state index contributed by atoms with van der Waals surface area (Å²) in [5.41, 5.74) is 1.83. The van der Waals surface area contributed by atoms with E-state index in [-0.39, 0.29) is 5.91 Å². The third-order valence-corrected chi connectivity index (χ3v) is 3.83. The Bertz CT molecular complexity index is 659. The lowest BCUT2D eigenvalue weighted by Gasteiger charge is -2.17. The molecule has 22 heavy (non-hydrogen) atoms. The Morgan fingerprint density at radius 3 is 2.45 bits per heavy atom. The number of benzene rings is 1. The van der Waals surface area contributed by atoms with Crippen molar-refractivity contribution in [2.75, 3.05) is 5.32 Å². The highest BCUT2D eigenvalue weighted by Gasteiger charge is 2.20. The maximum absolute atomic E-state index is 12.3. The fourth-order valence-corrected chi connectivity index (χ4v) is 2.20. The molecule has 6 heteroatoms. The Labute approximate surface area is 134 Å². The van der Waals surface area contributed by atoms with Crippen LogP contribution in [0.4, 0.5) is 5.82 Å². The fourth-order valence-electron chi connectivity index (χ4n) is 2.09. The monoisotopic (exact) mass is 322 g/mol. The standard InChI is InChI=1S/C16H19ClN2O3/c1-5-13(16(20)18-14-8-11(4)22-19-14)21-12-6-9(2)15(17)10(3)7-12/h6-8,13H,5H2,1-4H3,(H,18,19,20)/t13-/m1/s1. The van der Waals surface area contributed by atoms with Crippen molar-refractivity contribution in [2.24, 2.45) is 0 Å². The van der Waals surface area contributed by atoms with Gasteiger partial charge in [0.25, 0.3) is 5.91 Å². The van der Waals surface area contributed by atoms with E-state index in [2.05, 4.69) is 10.5 Å². The van der Waals surface area contributed by atoms with Crippen LogP contribution < -0.4 is 10.1 Å². The number of carbonyl (C=O) groups is 1. The second-order valence-electron chi connectivity index (χ2n) is 5.20. The molecular weight excluding hydrogens is 304 g/mol. The summed E-state index contributed by atoms with van der Waals surface area (Å²) in [5, 5.41) is 7.13. The van der Waals surface area contributed by atoms with Crippen molar-refractivity contribution < 1.29 is 14.1 Å². The molecule has 0 fully saturated rings. The van der Waals surface area contributed by atoms with Gasteiger partial charge in [-0.05, 0) is 50.5 Å². The lowest BCUT2D eigenvalue weighted by atomic mass is 10.1. The van der Waals surface area contributed by atoms with Gasteiger partial charge in [0, 0.05) is 11.1 Å². The van der Waals surface area contributed by atoms with E-state index in [9.17, 15) is 4.79 Å². The molecule has 1 heterocycles. The summed E-state index contributed by atoms with van der Waals surface area (Å²) in [6, 6.07) is 5.30. The van der Waals surface area contributed by atoms with Gasteiger partial charge in [-0.2, -0.15) is 0 Å². The molecule has 0 bridgehead atoms. The van der Waals surface area contributed by atoms with E-state index in [0.717, 1.165) is 11.1 Å². The Hall–Kier alpha value is -2.01. The minimum atomic E-state index is -0.614. The van der Waals surface area contributed by atoms with E-state index < -0.39 is 6.10 Å². The van der Waals surface area contributed by atoms with Crippen molar-refractivity contribution in [3.8, 4) is 5.75 Å². The Morgan fingerprint density at radius 2 is 1.95 bits per heavy atom. The molecule has 1 amide bonds. The molecule has 0 aliphatic heterocycles. The van der Waals surface area contributed by atoms with E-state index in [4.69, 9.17) is 20.9 Å². The summed E-state index contributed by atoms with van der Waals surface area (Å²) >= 11 is 6.14.